The van der Waals surface area contributed by atoms with Gasteiger partial charge in [-0.15, -0.1) is 0 Å². The summed E-state index contributed by atoms with van der Waals surface area (Å²) in [6.07, 6.45) is -1.06. The molecule has 1 N–H and O–H groups in total. The van der Waals surface area contributed by atoms with Crippen molar-refractivity contribution < 1.29 is 23.0 Å². The molecule has 2 aromatic rings. The van der Waals surface area contributed by atoms with Crippen molar-refractivity contribution in [3.63, 3.8) is 0 Å². The third kappa shape index (κ3) is 3.33. The van der Waals surface area contributed by atoms with Gasteiger partial charge in [0.25, 0.3) is 6.43 Å². The maximum absolute atomic E-state index is 13.1. The molecule has 1 aliphatic carbocycles. The van der Waals surface area contributed by atoms with E-state index >= 15 is 0 Å². The number of nitrogens with one attached hydrogen (secondary N) is 1. The van der Waals surface area contributed by atoms with E-state index in [0.717, 1.165) is 12.8 Å². The fourth-order valence-electron chi connectivity index (χ4n) is 2.94. The van der Waals surface area contributed by atoms with Crippen molar-refractivity contribution in [2.75, 3.05) is 18.5 Å². The Balaban J connectivity index is 1.51. The number of halogens is 3. The average molecular weight is 384 g/mol. The van der Waals surface area contributed by atoms with Gasteiger partial charge in [0.05, 0.1) is 10.7 Å². The fourth-order valence-corrected chi connectivity index (χ4v) is 3.31. The van der Waals surface area contributed by atoms with Crippen LogP contribution in [0, 0.1) is 0 Å². The molecule has 26 heavy (non-hydrogen) atoms. The lowest BCUT2D eigenvalue weighted by Crippen LogP contribution is -2.21. The number of amides is 1. The van der Waals surface area contributed by atoms with E-state index < -0.39 is 12.1 Å². The number of alkyl halides is 2. The van der Waals surface area contributed by atoms with E-state index in [1.807, 2.05) is 0 Å². The standard InChI is InChI=1S/C17H16ClF2N3O3/c18-14-15(17(19)20)22-23(16(14)9-1-2-9)8-13(24)21-10-3-4-11-12(7-10)26-6-5-25-11/h3-4,7,9,17H,1-2,5-6,8H2,(H,21,24). The molecule has 1 aromatic carbocycles. The maximum Gasteiger partial charge on any atom is 0.283 e. The van der Waals surface area contributed by atoms with Crippen molar-refractivity contribution in [2.45, 2.75) is 31.7 Å². The molecule has 0 radical (unpaired) electrons. The lowest BCUT2D eigenvalue weighted by Gasteiger charge is -2.19. The largest absolute Gasteiger partial charge is 0.486 e. The lowest BCUT2D eigenvalue weighted by atomic mass is 10.2. The van der Waals surface area contributed by atoms with E-state index in [9.17, 15) is 13.6 Å². The fraction of sp³-hybridized carbons (Fsp3) is 0.412. The van der Waals surface area contributed by atoms with Crippen LogP contribution in [0.5, 0.6) is 11.5 Å². The van der Waals surface area contributed by atoms with Gasteiger partial charge in [0.1, 0.15) is 25.5 Å². The molecule has 2 aliphatic rings. The summed E-state index contributed by atoms with van der Waals surface area (Å²) >= 11 is 6.06. The molecule has 0 unspecified atom stereocenters. The molecule has 0 saturated heterocycles. The Morgan fingerprint density at radius 2 is 2.04 bits per heavy atom. The molecule has 0 bridgehead atoms. The number of nitrogens with zero attached hydrogens (tertiary/aromatic N) is 2. The summed E-state index contributed by atoms with van der Waals surface area (Å²) < 4.78 is 38.3. The SMILES string of the molecule is O=C(Cn1nc(C(F)F)c(Cl)c1C1CC1)Nc1ccc2c(c1)OCCO2. The summed E-state index contributed by atoms with van der Waals surface area (Å²) in [4.78, 5) is 12.4. The van der Waals surface area contributed by atoms with Gasteiger partial charge in [0.2, 0.25) is 5.91 Å². The second-order valence-electron chi connectivity index (χ2n) is 6.22. The number of hydrogen-bond acceptors (Lipinski definition) is 4. The van der Waals surface area contributed by atoms with Crippen molar-refractivity contribution >= 4 is 23.2 Å². The topological polar surface area (TPSA) is 65.4 Å². The van der Waals surface area contributed by atoms with E-state index in [1.54, 1.807) is 18.2 Å². The van der Waals surface area contributed by atoms with Crippen LogP contribution in [0.2, 0.25) is 5.02 Å². The molecule has 1 fully saturated rings. The molecule has 9 heteroatoms. The number of rotatable bonds is 5. The second kappa shape index (κ2) is 6.75. The van der Waals surface area contributed by atoms with Gasteiger partial charge in [0, 0.05) is 17.7 Å². The molecule has 0 spiro atoms. The molecule has 1 aromatic heterocycles. The Hall–Kier alpha value is -2.35. The van der Waals surface area contributed by atoms with Crippen LogP contribution in [-0.2, 0) is 11.3 Å². The van der Waals surface area contributed by atoms with Crippen molar-refractivity contribution in [1.82, 2.24) is 9.78 Å². The zero-order chi connectivity index (χ0) is 18.3. The van der Waals surface area contributed by atoms with Crippen molar-refractivity contribution in [2.24, 2.45) is 0 Å². The van der Waals surface area contributed by atoms with Gasteiger partial charge in [0.15, 0.2) is 11.5 Å². The highest BCUT2D eigenvalue weighted by Crippen LogP contribution is 2.45. The number of anilines is 1. The van der Waals surface area contributed by atoms with E-state index in [2.05, 4.69) is 10.4 Å². The maximum atomic E-state index is 13.1. The molecule has 2 heterocycles. The predicted octanol–water partition coefficient (Wildman–Crippen LogP) is 3.76. The second-order valence-corrected chi connectivity index (χ2v) is 6.60. The first-order valence-electron chi connectivity index (χ1n) is 8.26. The number of benzene rings is 1. The number of aromatic nitrogens is 2. The minimum Gasteiger partial charge on any atom is -0.486 e. The van der Waals surface area contributed by atoms with Gasteiger partial charge < -0.3 is 14.8 Å². The summed E-state index contributed by atoms with van der Waals surface area (Å²) in [5, 5.41) is 6.54. The van der Waals surface area contributed by atoms with Crippen LogP contribution in [0.1, 0.15) is 36.6 Å². The smallest absolute Gasteiger partial charge is 0.283 e. The van der Waals surface area contributed by atoms with Crippen LogP contribution in [-0.4, -0.2) is 28.9 Å². The van der Waals surface area contributed by atoms with Gasteiger partial charge in [-0.2, -0.15) is 5.10 Å². The van der Waals surface area contributed by atoms with E-state index in [-0.39, 0.29) is 23.4 Å². The summed E-state index contributed by atoms with van der Waals surface area (Å²) in [6.45, 7) is 0.735. The molecule has 1 aliphatic heterocycles. The van der Waals surface area contributed by atoms with Crippen LogP contribution in [0.4, 0.5) is 14.5 Å². The average Bonchev–Trinajstić information content (AvgIpc) is 3.39. The molecule has 138 valence electrons. The van der Waals surface area contributed by atoms with Crippen LogP contribution in [0.25, 0.3) is 0 Å². The zero-order valence-electron chi connectivity index (χ0n) is 13.7. The summed E-state index contributed by atoms with van der Waals surface area (Å²) in [5.41, 5.74) is 0.569. The first-order chi connectivity index (χ1) is 12.5. The lowest BCUT2D eigenvalue weighted by molar-refractivity contribution is -0.117. The predicted molar refractivity (Wildman–Crippen MR) is 90.2 cm³/mol. The number of hydrogen-bond donors (Lipinski definition) is 1. The first-order valence-corrected chi connectivity index (χ1v) is 8.64. The van der Waals surface area contributed by atoms with Crippen LogP contribution >= 0.6 is 11.6 Å². The molecule has 4 rings (SSSR count). The Bertz CT molecular complexity index is 852. The molecular formula is C17H16ClF2N3O3. The normalized spacial score (nSPS) is 16.0. The van der Waals surface area contributed by atoms with Crippen LogP contribution in [0.3, 0.4) is 0 Å². The Kier molecular flexibility index (Phi) is 4.44. The van der Waals surface area contributed by atoms with Crippen molar-refractivity contribution in [3.05, 3.63) is 34.6 Å². The minimum absolute atomic E-state index is 0.0328. The number of carbonyl (C=O) groups excluding carboxylic acids is 1. The van der Waals surface area contributed by atoms with Crippen LogP contribution in [0.15, 0.2) is 18.2 Å². The monoisotopic (exact) mass is 383 g/mol. The van der Waals surface area contributed by atoms with Gasteiger partial charge in [-0.1, -0.05) is 11.6 Å². The van der Waals surface area contributed by atoms with Gasteiger partial charge in [-0.25, -0.2) is 8.78 Å². The quantitative estimate of drug-likeness (QED) is 0.853. The Labute approximate surface area is 153 Å². The zero-order valence-corrected chi connectivity index (χ0v) is 14.4. The molecule has 1 saturated carbocycles. The third-order valence-corrected chi connectivity index (χ3v) is 4.63. The molecule has 0 atom stereocenters. The van der Waals surface area contributed by atoms with Gasteiger partial charge >= 0.3 is 0 Å². The summed E-state index contributed by atoms with van der Waals surface area (Å²) in [7, 11) is 0. The van der Waals surface area contributed by atoms with Gasteiger partial charge in [-0.3, -0.25) is 9.48 Å². The van der Waals surface area contributed by atoms with Crippen molar-refractivity contribution in [3.8, 4) is 11.5 Å². The van der Waals surface area contributed by atoms with Crippen molar-refractivity contribution in [1.29, 1.82) is 0 Å². The Morgan fingerprint density at radius 3 is 2.73 bits per heavy atom. The van der Waals surface area contributed by atoms with E-state index in [1.165, 1.54) is 4.68 Å². The highest BCUT2D eigenvalue weighted by atomic mass is 35.5. The number of fused-ring (bicyclic) bond motifs is 1. The third-order valence-electron chi connectivity index (χ3n) is 4.25. The molecule has 1 amide bonds. The number of carbonyl (C=O) groups is 1. The first kappa shape index (κ1) is 17.1. The summed E-state index contributed by atoms with van der Waals surface area (Å²) in [5.74, 6) is 0.869. The minimum atomic E-state index is -2.78. The Morgan fingerprint density at radius 1 is 1.31 bits per heavy atom. The molecular weight excluding hydrogens is 368 g/mol. The number of ether oxygens (including phenoxy) is 2. The van der Waals surface area contributed by atoms with Crippen LogP contribution < -0.4 is 14.8 Å². The highest BCUT2D eigenvalue weighted by molar-refractivity contribution is 6.32. The molecule has 6 nitrogen and oxygen atoms in total. The van der Waals surface area contributed by atoms with E-state index in [0.29, 0.717) is 36.1 Å². The van der Waals surface area contributed by atoms with E-state index in [4.69, 9.17) is 21.1 Å². The summed E-state index contributed by atoms with van der Waals surface area (Å²) in [6, 6.07) is 5.06. The van der Waals surface area contributed by atoms with Gasteiger partial charge in [-0.05, 0) is 25.0 Å². The highest BCUT2D eigenvalue weighted by Gasteiger charge is 2.34.